The van der Waals surface area contributed by atoms with Crippen molar-refractivity contribution in [1.82, 2.24) is 0 Å². The van der Waals surface area contributed by atoms with Crippen molar-refractivity contribution in [3.63, 3.8) is 0 Å². The molecule has 2 N–H and O–H groups in total. The van der Waals surface area contributed by atoms with Crippen LogP contribution in [-0.4, -0.2) is 85.8 Å². The van der Waals surface area contributed by atoms with Crippen LogP contribution in [0.1, 0.15) is 96.8 Å². The van der Waals surface area contributed by atoms with Crippen molar-refractivity contribution < 1.29 is 17.4 Å². The number of allylic oxidation sites excluding steroid dienone is 2. The SMILES string of the molecule is CCCCCCCC/C=C\CCCCCCCC(=O)OS(=O)(=O)CCN.[NaH].[NaH]. The molecule has 0 bridgehead atoms. The molecule has 0 spiro atoms. The summed E-state index contributed by atoms with van der Waals surface area (Å²) >= 11 is 0. The molecular weight excluding hydrogens is 396 g/mol. The van der Waals surface area contributed by atoms with Crippen LogP contribution in [0.25, 0.3) is 0 Å². The van der Waals surface area contributed by atoms with Crippen LogP contribution in [0.15, 0.2) is 12.2 Å². The zero-order valence-electron chi connectivity index (χ0n) is 16.6. The van der Waals surface area contributed by atoms with E-state index in [0.717, 1.165) is 25.7 Å². The Morgan fingerprint density at radius 3 is 1.79 bits per heavy atom. The monoisotopic (exact) mass is 437 g/mol. The minimum atomic E-state index is -3.78. The molecule has 0 rings (SSSR count). The van der Waals surface area contributed by atoms with Gasteiger partial charge < -0.3 is 9.92 Å². The van der Waals surface area contributed by atoms with Gasteiger partial charge in [-0.3, -0.25) is 4.79 Å². The van der Waals surface area contributed by atoms with Gasteiger partial charge in [-0.2, -0.15) is 8.42 Å². The van der Waals surface area contributed by atoms with Gasteiger partial charge in [-0.05, 0) is 32.1 Å². The van der Waals surface area contributed by atoms with Crippen molar-refractivity contribution in [3.8, 4) is 0 Å². The van der Waals surface area contributed by atoms with E-state index in [4.69, 9.17) is 5.73 Å². The number of unbranched alkanes of at least 4 members (excludes halogenated alkanes) is 11. The van der Waals surface area contributed by atoms with E-state index in [1.807, 2.05) is 0 Å². The Morgan fingerprint density at radius 1 is 0.821 bits per heavy atom. The van der Waals surface area contributed by atoms with Crippen molar-refractivity contribution in [3.05, 3.63) is 12.2 Å². The Hall–Kier alpha value is 1.12. The molecule has 0 aliphatic rings. The summed E-state index contributed by atoms with van der Waals surface area (Å²) in [6.07, 6.45) is 20.1. The van der Waals surface area contributed by atoms with E-state index >= 15 is 0 Å². The normalized spacial score (nSPS) is 11.1. The molecule has 28 heavy (non-hydrogen) atoms. The second-order valence-electron chi connectivity index (χ2n) is 6.84. The quantitative estimate of drug-likeness (QED) is 0.153. The summed E-state index contributed by atoms with van der Waals surface area (Å²) in [7, 11) is -3.78. The van der Waals surface area contributed by atoms with Crippen LogP contribution < -0.4 is 5.73 Å². The Labute approximate surface area is 217 Å². The van der Waals surface area contributed by atoms with Gasteiger partial charge in [0.25, 0.3) is 0 Å². The Morgan fingerprint density at radius 2 is 1.29 bits per heavy atom. The molecular formula is C20H41NNa2O4S. The molecule has 0 heterocycles. The van der Waals surface area contributed by atoms with Crippen molar-refractivity contribution in [2.45, 2.75) is 96.8 Å². The van der Waals surface area contributed by atoms with Crippen LogP contribution in [0.4, 0.5) is 0 Å². The first kappa shape index (κ1) is 33.8. The van der Waals surface area contributed by atoms with Crippen molar-refractivity contribution in [2.24, 2.45) is 5.73 Å². The molecule has 0 aromatic heterocycles. The minimum absolute atomic E-state index is 0. The fraction of sp³-hybridized carbons (Fsp3) is 0.850. The summed E-state index contributed by atoms with van der Waals surface area (Å²) in [4.78, 5) is 11.4. The van der Waals surface area contributed by atoms with Gasteiger partial charge in [-0.1, -0.05) is 70.4 Å². The molecule has 0 unspecified atom stereocenters. The molecule has 0 aromatic rings. The van der Waals surface area contributed by atoms with E-state index in [1.54, 1.807) is 0 Å². The van der Waals surface area contributed by atoms with Crippen LogP contribution in [0.3, 0.4) is 0 Å². The zero-order valence-corrected chi connectivity index (χ0v) is 17.4. The van der Waals surface area contributed by atoms with Gasteiger partial charge in [-0.15, -0.1) is 0 Å². The van der Waals surface area contributed by atoms with E-state index in [0.29, 0.717) is 6.42 Å². The predicted molar refractivity (Wildman–Crippen MR) is 123 cm³/mol. The van der Waals surface area contributed by atoms with E-state index in [1.165, 1.54) is 51.4 Å². The van der Waals surface area contributed by atoms with E-state index < -0.39 is 16.1 Å². The number of rotatable bonds is 18. The van der Waals surface area contributed by atoms with Crippen LogP contribution >= 0.6 is 0 Å². The molecule has 0 saturated carbocycles. The third-order valence-corrected chi connectivity index (χ3v) is 5.41. The van der Waals surface area contributed by atoms with E-state index in [-0.39, 0.29) is 77.8 Å². The molecule has 0 aliphatic heterocycles. The molecule has 0 atom stereocenters. The average Bonchev–Trinajstić information content (AvgIpc) is 2.57. The summed E-state index contributed by atoms with van der Waals surface area (Å²) in [5.74, 6) is -0.985. The van der Waals surface area contributed by atoms with Gasteiger partial charge in [0.15, 0.2) is 0 Å². The van der Waals surface area contributed by atoms with Crippen molar-refractivity contribution >= 4 is 75.2 Å². The van der Waals surface area contributed by atoms with Crippen LogP contribution in [-0.2, 0) is 19.1 Å². The van der Waals surface area contributed by atoms with Gasteiger partial charge in [0.2, 0.25) is 0 Å². The second-order valence-corrected chi connectivity index (χ2v) is 8.53. The molecule has 5 nitrogen and oxygen atoms in total. The summed E-state index contributed by atoms with van der Waals surface area (Å²) < 4.78 is 27.0. The molecule has 0 fully saturated rings. The topological polar surface area (TPSA) is 86.5 Å². The maximum atomic E-state index is 11.4. The fourth-order valence-corrected chi connectivity index (χ4v) is 3.45. The number of nitrogens with two attached hydrogens (primary N) is 1. The number of hydrogen-bond acceptors (Lipinski definition) is 5. The molecule has 0 amide bonds. The summed E-state index contributed by atoms with van der Waals surface area (Å²) in [6, 6.07) is 0. The van der Waals surface area contributed by atoms with Crippen LogP contribution in [0.2, 0.25) is 0 Å². The van der Waals surface area contributed by atoms with Gasteiger partial charge >= 0.3 is 75.2 Å². The Kier molecular flexibility index (Phi) is 29.4. The Balaban J connectivity index is -0.00000312. The molecule has 0 aromatic carbocycles. The average molecular weight is 438 g/mol. The number of hydrogen-bond donors (Lipinski definition) is 1. The summed E-state index contributed by atoms with van der Waals surface area (Å²) in [5, 5.41) is 0. The molecule has 8 heteroatoms. The maximum absolute atomic E-state index is 11.4. The predicted octanol–water partition coefficient (Wildman–Crippen LogP) is 3.56. The third-order valence-electron chi connectivity index (χ3n) is 4.23. The number of carbonyl (C=O) groups is 1. The first-order chi connectivity index (χ1) is 12.5. The summed E-state index contributed by atoms with van der Waals surface area (Å²) in [6.45, 7) is 2.21. The first-order valence-electron chi connectivity index (χ1n) is 10.3. The van der Waals surface area contributed by atoms with Crippen molar-refractivity contribution in [2.75, 3.05) is 12.3 Å². The molecule has 158 valence electrons. The fourth-order valence-electron chi connectivity index (χ4n) is 2.71. The van der Waals surface area contributed by atoms with Gasteiger partial charge in [0, 0.05) is 13.0 Å². The molecule has 0 radical (unpaired) electrons. The molecule has 0 aliphatic carbocycles. The zero-order chi connectivity index (χ0) is 19.5. The van der Waals surface area contributed by atoms with Crippen LogP contribution in [0, 0.1) is 0 Å². The third kappa shape index (κ3) is 25.2. The van der Waals surface area contributed by atoms with Gasteiger partial charge in [0.1, 0.15) is 0 Å². The first-order valence-corrected chi connectivity index (χ1v) is 11.9. The standard InChI is InChI=1S/C20H39NO4S.2Na.2H/c1-2-3-4-5-6-7-8-9-10-11-12-13-14-15-16-17-20(22)25-26(23,24)19-18-21;;;;/h9-10H,2-8,11-19,21H2,1H3;;;;/b10-9-;;;;. The van der Waals surface area contributed by atoms with Gasteiger partial charge in [0.05, 0.1) is 5.75 Å². The van der Waals surface area contributed by atoms with Gasteiger partial charge in [-0.25, -0.2) is 0 Å². The second kappa shape index (κ2) is 24.4. The molecule has 0 saturated heterocycles. The summed E-state index contributed by atoms with van der Waals surface area (Å²) in [5.41, 5.74) is 5.15. The van der Waals surface area contributed by atoms with E-state index in [2.05, 4.69) is 23.3 Å². The Bertz CT molecular complexity index is 471. The number of carbonyl (C=O) groups excluding carboxylic acids is 1. The van der Waals surface area contributed by atoms with Crippen molar-refractivity contribution in [1.29, 1.82) is 0 Å². The van der Waals surface area contributed by atoms with E-state index in [9.17, 15) is 13.2 Å². The van der Waals surface area contributed by atoms with Crippen LogP contribution in [0.5, 0.6) is 0 Å².